The van der Waals surface area contributed by atoms with E-state index in [1.165, 1.54) is 4.70 Å². The number of aromatic nitrogens is 1. The van der Waals surface area contributed by atoms with Crippen LogP contribution in [0.5, 0.6) is 5.75 Å². The molecule has 1 heterocycles. The van der Waals surface area contributed by atoms with Gasteiger partial charge < -0.3 is 4.74 Å². The lowest BCUT2D eigenvalue weighted by Crippen LogP contribution is -2.25. The Balaban J connectivity index is 1.45. The van der Waals surface area contributed by atoms with Gasteiger partial charge in [-0.25, -0.2) is 10.4 Å². The number of carbonyl (C=O) groups excluding carboxylic acids is 1. The van der Waals surface area contributed by atoms with Crippen molar-refractivity contribution in [2.45, 2.75) is 18.2 Å². The minimum Gasteiger partial charge on any atom is -0.483 e. The van der Waals surface area contributed by atoms with E-state index < -0.39 is 0 Å². The molecule has 0 fully saturated rings. The fraction of sp³-hybridized carbons (Fsp3) is 0.211. The average Bonchev–Trinajstić information content (AvgIpc) is 3.07. The van der Waals surface area contributed by atoms with E-state index in [0.29, 0.717) is 11.5 Å². The maximum absolute atomic E-state index is 11.9. The summed E-state index contributed by atoms with van der Waals surface area (Å²) in [5.41, 5.74) is 5.35. The number of ether oxygens (including phenoxy) is 1. The molecule has 0 bridgehead atoms. The van der Waals surface area contributed by atoms with Crippen LogP contribution in [0.1, 0.15) is 12.5 Å². The summed E-state index contributed by atoms with van der Waals surface area (Å²) >= 11 is 3.27. The highest BCUT2D eigenvalue weighted by Crippen LogP contribution is 2.29. The summed E-state index contributed by atoms with van der Waals surface area (Å²) in [7, 11) is 0. The highest BCUT2D eigenvalue weighted by atomic mass is 32.2. The van der Waals surface area contributed by atoms with Crippen molar-refractivity contribution in [2.75, 3.05) is 12.4 Å². The Morgan fingerprint density at radius 1 is 1.23 bits per heavy atom. The van der Waals surface area contributed by atoms with E-state index in [9.17, 15) is 4.79 Å². The fourth-order valence-corrected chi connectivity index (χ4v) is 4.10. The first-order chi connectivity index (χ1) is 12.6. The van der Waals surface area contributed by atoms with Crippen LogP contribution in [-0.4, -0.2) is 29.0 Å². The number of carbonyl (C=O) groups is 1. The lowest BCUT2D eigenvalue weighted by molar-refractivity contribution is -0.123. The molecule has 1 amide bonds. The van der Waals surface area contributed by atoms with Crippen LogP contribution in [0, 0.1) is 6.92 Å². The first-order valence-electron chi connectivity index (χ1n) is 8.10. The molecule has 134 valence electrons. The SMILES string of the molecule is C/C(CSc1nc2ccccc2s1)=N/NC(=O)COc1ccccc1C. The number of nitrogens with one attached hydrogen (secondary N) is 1. The molecule has 0 spiro atoms. The smallest absolute Gasteiger partial charge is 0.277 e. The van der Waals surface area contributed by atoms with Crippen LogP contribution < -0.4 is 10.2 Å². The van der Waals surface area contributed by atoms with E-state index in [4.69, 9.17) is 4.74 Å². The van der Waals surface area contributed by atoms with Gasteiger partial charge in [0.2, 0.25) is 0 Å². The van der Waals surface area contributed by atoms with Gasteiger partial charge in [-0.1, -0.05) is 42.1 Å². The van der Waals surface area contributed by atoms with Gasteiger partial charge in [-0.2, -0.15) is 5.10 Å². The predicted octanol–water partition coefficient (Wildman–Crippen LogP) is 4.27. The summed E-state index contributed by atoms with van der Waals surface area (Å²) < 4.78 is 7.67. The number of hydrogen-bond donors (Lipinski definition) is 1. The minimum absolute atomic E-state index is 0.0629. The zero-order chi connectivity index (χ0) is 18.4. The van der Waals surface area contributed by atoms with E-state index in [2.05, 4.69) is 21.6 Å². The number of rotatable bonds is 7. The molecule has 5 nitrogen and oxygen atoms in total. The van der Waals surface area contributed by atoms with Crippen molar-refractivity contribution < 1.29 is 9.53 Å². The maximum atomic E-state index is 11.9. The molecule has 0 atom stereocenters. The zero-order valence-electron chi connectivity index (χ0n) is 14.6. The molecule has 3 aromatic rings. The molecule has 3 rings (SSSR count). The zero-order valence-corrected chi connectivity index (χ0v) is 16.2. The van der Waals surface area contributed by atoms with Crippen molar-refractivity contribution in [3.05, 3.63) is 54.1 Å². The first-order valence-corrected chi connectivity index (χ1v) is 9.91. The Bertz CT molecular complexity index is 904. The molecule has 1 N–H and O–H groups in total. The van der Waals surface area contributed by atoms with Gasteiger partial charge in [-0.05, 0) is 37.6 Å². The van der Waals surface area contributed by atoms with Gasteiger partial charge in [0.15, 0.2) is 10.9 Å². The topological polar surface area (TPSA) is 63.6 Å². The van der Waals surface area contributed by atoms with Crippen LogP contribution in [0.2, 0.25) is 0 Å². The second-order valence-corrected chi connectivity index (χ2v) is 7.93. The van der Waals surface area contributed by atoms with E-state index in [0.717, 1.165) is 21.1 Å². The third-order valence-corrected chi connectivity index (χ3v) is 5.84. The number of hydrazone groups is 1. The molecule has 1 aromatic heterocycles. The van der Waals surface area contributed by atoms with Crippen LogP contribution >= 0.6 is 23.1 Å². The molecule has 0 radical (unpaired) electrons. The van der Waals surface area contributed by atoms with Crippen molar-refractivity contribution in [2.24, 2.45) is 5.10 Å². The average molecular weight is 386 g/mol. The van der Waals surface area contributed by atoms with Gasteiger partial charge in [0.1, 0.15) is 5.75 Å². The Morgan fingerprint density at radius 2 is 2.00 bits per heavy atom. The van der Waals surface area contributed by atoms with E-state index >= 15 is 0 Å². The van der Waals surface area contributed by atoms with Crippen molar-refractivity contribution in [3.63, 3.8) is 0 Å². The lowest BCUT2D eigenvalue weighted by atomic mass is 10.2. The number of nitrogens with zero attached hydrogens (tertiary/aromatic N) is 2. The number of fused-ring (bicyclic) bond motifs is 1. The summed E-state index contributed by atoms with van der Waals surface area (Å²) in [6, 6.07) is 15.6. The molecule has 26 heavy (non-hydrogen) atoms. The second kappa shape index (κ2) is 8.82. The highest BCUT2D eigenvalue weighted by molar-refractivity contribution is 8.01. The lowest BCUT2D eigenvalue weighted by Gasteiger charge is -2.07. The number of hydrogen-bond acceptors (Lipinski definition) is 6. The van der Waals surface area contributed by atoms with Gasteiger partial charge in [0.05, 0.1) is 10.2 Å². The van der Waals surface area contributed by atoms with Gasteiger partial charge in [0.25, 0.3) is 5.91 Å². The molecule has 7 heteroatoms. The second-order valence-electron chi connectivity index (χ2n) is 5.67. The van der Waals surface area contributed by atoms with Crippen LogP contribution in [0.3, 0.4) is 0 Å². The standard InChI is InChI=1S/C19H19N3O2S2/c1-13-7-3-5-9-16(13)24-11-18(23)22-21-14(2)12-25-19-20-15-8-4-6-10-17(15)26-19/h3-10H,11-12H2,1-2H3,(H,22,23)/b21-14-. The van der Waals surface area contributed by atoms with Crippen molar-refractivity contribution in [3.8, 4) is 5.75 Å². The van der Waals surface area contributed by atoms with Gasteiger partial charge in [-0.3, -0.25) is 4.79 Å². The number of aryl methyl sites for hydroxylation is 1. The third kappa shape index (κ3) is 5.06. The minimum atomic E-state index is -0.280. The van der Waals surface area contributed by atoms with Crippen molar-refractivity contribution >= 4 is 44.9 Å². The van der Waals surface area contributed by atoms with Crippen LogP contribution in [-0.2, 0) is 4.79 Å². The summed E-state index contributed by atoms with van der Waals surface area (Å²) in [5, 5.41) is 4.12. The van der Waals surface area contributed by atoms with E-state index in [-0.39, 0.29) is 12.5 Å². The van der Waals surface area contributed by atoms with E-state index in [1.807, 2.05) is 56.3 Å². The largest absolute Gasteiger partial charge is 0.483 e. The number of para-hydroxylation sites is 2. The molecular formula is C19H19N3O2S2. The Morgan fingerprint density at radius 3 is 2.81 bits per heavy atom. The van der Waals surface area contributed by atoms with Gasteiger partial charge in [-0.15, -0.1) is 11.3 Å². The molecular weight excluding hydrogens is 366 g/mol. The molecule has 2 aromatic carbocycles. The molecule has 0 saturated carbocycles. The van der Waals surface area contributed by atoms with Crippen molar-refractivity contribution in [1.82, 2.24) is 10.4 Å². The van der Waals surface area contributed by atoms with Gasteiger partial charge >= 0.3 is 0 Å². The molecule has 0 aliphatic heterocycles. The number of benzene rings is 2. The summed E-state index contributed by atoms with van der Waals surface area (Å²) in [6.45, 7) is 3.75. The molecule has 0 unspecified atom stereocenters. The van der Waals surface area contributed by atoms with Gasteiger partial charge in [0, 0.05) is 11.5 Å². The quantitative estimate of drug-likeness (QED) is 0.375. The fourth-order valence-electron chi connectivity index (χ4n) is 2.16. The first kappa shape index (κ1) is 18.4. The normalized spacial score (nSPS) is 11.5. The number of thiazole rings is 1. The predicted molar refractivity (Wildman–Crippen MR) is 108 cm³/mol. The summed E-state index contributed by atoms with van der Waals surface area (Å²) in [5.74, 6) is 1.09. The van der Waals surface area contributed by atoms with E-state index in [1.54, 1.807) is 23.1 Å². The highest BCUT2D eigenvalue weighted by Gasteiger charge is 2.06. The summed E-state index contributed by atoms with van der Waals surface area (Å²) in [6.07, 6.45) is 0. The number of thioether (sulfide) groups is 1. The van der Waals surface area contributed by atoms with Crippen molar-refractivity contribution in [1.29, 1.82) is 0 Å². The Labute approximate surface area is 160 Å². The summed E-state index contributed by atoms with van der Waals surface area (Å²) in [4.78, 5) is 16.4. The van der Waals surface area contributed by atoms with Crippen LogP contribution in [0.4, 0.5) is 0 Å². The van der Waals surface area contributed by atoms with Crippen LogP contribution in [0.25, 0.3) is 10.2 Å². The monoisotopic (exact) mass is 385 g/mol. The third-order valence-electron chi connectivity index (χ3n) is 3.50. The maximum Gasteiger partial charge on any atom is 0.277 e. The Kier molecular flexibility index (Phi) is 6.25. The number of amides is 1. The molecule has 0 aliphatic rings. The Hall–Kier alpha value is -2.38. The van der Waals surface area contributed by atoms with Crippen LogP contribution in [0.15, 0.2) is 58.0 Å². The molecule has 0 aliphatic carbocycles. The molecule has 0 saturated heterocycles.